The Kier molecular flexibility index (Phi) is 5.86. The van der Waals surface area contributed by atoms with Crippen molar-refractivity contribution in [3.8, 4) is 27.6 Å². The van der Waals surface area contributed by atoms with E-state index >= 15 is 0 Å². The van der Waals surface area contributed by atoms with Gasteiger partial charge in [-0.3, -0.25) is 9.78 Å². The molecule has 0 saturated heterocycles. The standard InChI is InChI=1S/C24H21N3O2S/c1-16-5-3-8-22(17(16)2)29-14-23(28)26-20-7-4-6-19(13-20)21-15-30-24(27-21)18-9-11-25-12-10-18/h3-13,15H,14H2,1-2H3,(H,26,28). The lowest BCUT2D eigenvalue weighted by Gasteiger charge is -2.11. The van der Waals surface area contributed by atoms with E-state index in [-0.39, 0.29) is 12.5 Å². The molecule has 0 spiro atoms. The Morgan fingerprint density at radius 1 is 1.03 bits per heavy atom. The topological polar surface area (TPSA) is 64.1 Å². The number of hydrogen-bond acceptors (Lipinski definition) is 5. The molecule has 150 valence electrons. The predicted octanol–water partition coefficient (Wildman–Crippen LogP) is 5.51. The number of carbonyl (C=O) groups excluding carboxylic acids is 1. The van der Waals surface area contributed by atoms with Gasteiger partial charge in [-0.2, -0.15) is 0 Å². The van der Waals surface area contributed by atoms with Crippen molar-refractivity contribution in [1.29, 1.82) is 0 Å². The van der Waals surface area contributed by atoms with Crippen LogP contribution in [0, 0.1) is 13.8 Å². The van der Waals surface area contributed by atoms with Gasteiger partial charge < -0.3 is 10.1 Å². The van der Waals surface area contributed by atoms with Crippen LogP contribution in [0.15, 0.2) is 72.4 Å². The number of carbonyl (C=O) groups is 1. The number of aryl methyl sites for hydroxylation is 1. The molecule has 0 unspecified atom stereocenters. The highest BCUT2D eigenvalue weighted by atomic mass is 32.1. The minimum Gasteiger partial charge on any atom is -0.483 e. The second-order valence-corrected chi connectivity index (χ2v) is 7.75. The fourth-order valence-electron chi connectivity index (χ4n) is 3.01. The maximum Gasteiger partial charge on any atom is 0.262 e. The van der Waals surface area contributed by atoms with Crippen LogP contribution < -0.4 is 10.1 Å². The molecule has 0 radical (unpaired) electrons. The molecular weight excluding hydrogens is 394 g/mol. The normalized spacial score (nSPS) is 10.6. The van der Waals surface area contributed by atoms with Gasteiger partial charge in [-0.15, -0.1) is 11.3 Å². The Morgan fingerprint density at radius 2 is 1.83 bits per heavy atom. The van der Waals surface area contributed by atoms with E-state index in [0.29, 0.717) is 5.69 Å². The van der Waals surface area contributed by atoms with Gasteiger partial charge in [0.1, 0.15) is 10.8 Å². The highest BCUT2D eigenvalue weighted by molar-refractivity contribution is 7.13. The zero-order valence-electron chi connectivity index (χ0n) is 16.8. The van der Waals surface area contributed by atoms with Crippen LogP contribution in [0.2, 0.25) is 0 Å². The summed E-state index contributed by atoms with van der Waals surface area (Å²) in [4.78, 5) is 21.1. The fraction of sp³-hybridized carbons (Fsp3) is 0.125. The van der Waals surface area contributed by atoms with Crippen LogP contribution in [0.25, 0.3) is 21.8 Å². The van der Waals surface area contributed by atoms with Crippen LogP contribution in [0.3, 0.4) is 0 Å². The number of hydrogen-bond donors (Lipinski definition) is 1. The van der Waals surface area contributed by atoms with Gasteiger partial charge in [0.25, 0.3) is 5.91 Å². The third kappa shape index (κ3) is 4.55. The summed E-state index contributed by atoms with van der Waals surface area (Å²) in [7, 11) is 0. The first-order chi connectivity index (χ1) is 14.6. The lowest BCUT2D eigenvalue weighted by molar-refractivity contribution is -0.118. The summed E-state index contributed by atoms with van der Waals surface area (Å²) < 4.78 is 5.69. The Balaban J connectivity index is 1.43. The molecular formula is C24H21N3O2S. The van der Waals surface area contributed by atoms with Crippen molar-refractivity contribution in [1.82, 2.24) is 9.97 Å². The predicted molar refractivity (Wildman–Crippen MR) is 121 cm³/mol. The van der Waals surface area contributed by atoms with Gasteiger partial charge in [0.05, 0.1) is 5.69 Å². The SMILES string of the molecule is Cc1cccc(OCC(=O)Nc2cccc(-c3csc(-c4ccncc4)n3)c2)c1C. The van der Waals surface area contributed by atoms with Crippen LogP contribution in [-0.4, -0.2) is 22.5 Å². The first-order valence-electron chi connectivity index (χ1n) is 9.55. The van der Waals surface area contributed by atoms with Gasteiger partial charge in [-0.25, -0.2) is 4.98 Å². The summed E-state index contributed by atoms with van der Waals surface area (Å²) in [5.41, 5.74) is 5.74. The number of pyridine rings is 1. The minimum absolute atomic E-state index is 0.0442. The molecule has 0 fully saturated rings. The minimum atomic E-state index is -0.205. The monoisotopic (exact) mass is 415 g/mol. The third-order valence-electron chi connectivity index (χ3n) is 4.79. The van der Waals surface area contributed by atoms with E-state index < -0.39 is 0 Å². The molecule has 0 saturated carbocycles. The zero-order valence-corrected chi connectivity index (χ0v) is 17.6. The molecule has 4 rings (SSSR count). The molecule has 6 heteroatoms. The van der Waals surface area contributed by atoms with E-state index in [1.54, 1.807) is 23.7 Å². The second-order valence-electron chi connectivity index (χ2n) is 6.89. The van der Waals surface area contributed by atoms with Crippen molar-refractivity contribution in [2.24, 2.45) is 0 Å². The Morgan fingerprint density at radius 3 is 2.67 bits per heavy atom. The number of nitrogens with one attached hydrogen (secondary N) is 1. The van der Waals surface area contributed by atoms with E-state index in [9.17, 15) is 4.79 Å². The molecule has 0 aliphatic heterocycles. The van der Waals surface area contributed by atoms with Crippen LogP contribution in [-0.2, 0) is 4.79 Å². The summed E-state index contributed by atoms with van der Waals surface area (Å²) in [6.45, 7) is 3.96. The largest absolute Gasteiger partial charge is 0.483 e. The maximum atomic E-state index is 12.4. The Labute approximate surface area is 179 Å². The number of amides is 1. The molecule has 2 aromatic heterocycles. The van der Waals surface area contributed by atoms with Crippen LogP contribution in [0.5, 0.6) is 5.75 Å². The number of aromatic nitrogens is 2. The molecule has 0 aliphatic carbocycles. The summed E-state index contributed by atoms with van der Waals surface area (Å²) in [5.74, 6) is 0.522. The quantitative estimate of drug-likeness (QED) is 0.451. The van der Waals surface area contributed by atoms with Crippen LogP contribution in [0.1, 0.15) is 11.1 Å². The number of thiazole rings is 1. The van der Waals surface area contributed by atoms with E-state index in [1.807, 2.05) is 73.8 Å². The number of rotatable bonds is 6. The van der Waals surface area contributed by atoms with Crippen molar-refractivity contribution < 1.29 is 9.53 Å². The zero-order chi connectivity index (χ0) is 20.9. The first-order valence-corrected chi connectivity index (χ1v) is 10.4. The molecule has 1 N–H and O–H groups in total. The molecule has 2 aromatic carbocycles. The lowest BCUT2D eigenvalue weighted by atomic mass is 10.1. The molecule has 0 aliphatic rings. The van der Waals surface area contributed by atoms with Gasteiger partial charge in [-0.1, -0.05) is 24.3 Å². The smallest absolute Gasteiger partial charge is 0.262 e. The van der Waals surface area contributed by atoms with Gasteiger partial charge in [0.15, 0.2) is 6.61 Å². The Hall–Kier alpha value is -3.51. The van der Waals surface area contributed by atoms with E-state index in [1.165, 1.54) is 0 Å². The molecule has 4 aromatic rings. The van der Waals surface area contributed by atoms with E-state index in [2.05, 4.69) is 10.3 Å². The Bertz CT molecular complexity index is 1170. The molecule has 1 amide bonds. The fourth-order valence-corrected chi connectivity index (χ4v) is 3.85. The number of ether oxygens (including phenoxy) is 1. The summed E-state index contributed by atoms with van der Waals surface area (Å²) in [6.07, 6.45) is 3.51. The number of anilines is 1. The molecule has 2 heterocycles. The highest BCUT2D eigenvalue weighted by Gasteiger charge is 2.10. The molecule has 0 atom stereocenters. The van der Waals surface area contributed by atoms with Gasteiger partial charge in [0.2, 0.25) is 0 Å². The van der Waals surface area contributed by atoms with Gasteiger partial charge >= 0.3 is 0 Å². The van der Waals surface area contributed by atoms with E-state index in [4.69, 9.17) is 9.72 Å². The van der Waals surface area contributed by atoms with Crippen molar-refractivity contribution in [2.75, 3.05) is 11.9 Å². The van der Waals surface area contributed by atoms with Gasteiger partial charge in [0, 0.05) is 34.6 Å². The molecule has 5 nitrogen and oxygen atoms in total. The summed E-state index contributed by atoms with van der Waals surface area (Å²) in [5, 5.41) is 5.85. The average molecular weight is 416 g/mol. The maximum absolute atomic E-state index is 12.4. The number of nitrogens with zero attached hydrogens (tertiary/aromatic N) is 2. The van der Waals surface area contributed by atoms with Crippen LogP contribution >= 0.6 is 11.3 Å². The summed E-state index contributed by atoms with van der Waals surface area (Å²) >= 11 is 1.58. The molecule has 30 heavy (non-hydrogen) atoms. The average Bonchev–Trinajstić information content (AvgIpc) is 3.26. The van der Waals surface area contributed by atoms with Gasteiger partial charge in [-0.05, 0) is 55.3 Å². The molecule has 0 bridgehead atoms. The van der Waals surface area contributed by atoms with Crippen molar-refractivity contribution in [2.45, 2.75) is 13.8 Å². The summed E-state index contributed by atoms with van der Waals surface area (Å²) in [6, 6.07) is 17.4. The highest BCUT2D eigenvalue weighted by Crippen LogP contribution is 2.29. The van der Waals surface area contributed by atoms with Crippen molar-refractivity contribution in [3.05, 3.63) is 83.5 Å². The van der Waals surface area contributed by atoms with Crippen LogP contribution in [0.4, 0.5) is 5.69 Å². The number of benzene rings is 2. The van der Waals surface area contributed by atoms with Crippen molar-refractivity contribution >= 4 is 22.9 Å². The third-order valence-corrected chi connectivity index (χ3v) is 5.68. The van der Waals surface area contributed by atoms with E-state index in [0.717, 1.165) is 38.7 Å². The second kappa shape index (κ2) is 8.88. The first kappa shape index (κ1) is 19.8. The lowest BCUT2D eigenvalue weighted by Crippen LogP contribution is -2.20. The van der Waals surface area contributed by atoms with Crippen molar-refractivity contribution in [3.63, 3.8) is 0 Å².